The first-order chi connectivity index (χ1) is 5.85. The average Bonchev–Trinajstić information content (AvgIpc) is 2.10. The summed E-state index contributed by atoms with van der Waals surface area (Å²) in [5.41, 5.74) is 5.53. The van der Waals surface area contributed by atoms with E-state index in [1.54, 1.807) is 0 Å². The fraction of sp³-hybridized carbons (Fsp3) is 0.800. The Morgan fingerprint density at radius 3 is 2.83 bits per heavy atom. The second kappa shape index (κ2) is 8.75. The SMILES string of the molecule is C=CCCCOC(CN)CCC. The average molecular weight is 171 g/mol. The van der Waals surface area contributed by atoms with E-state index in [-0.39, 0.29) is 6.10 Å². The van der Waals surface area contributed by atoms with Gasteiger partial charge in [-0.25, -0.2) is 0 Å². The molecule has 0 amide bonds. The van der Waals surface area contributed by atoms with Crippen molar-refractivity contribution >= 4 is 0 Å². The minimum absolute atomic E-state index is 0.264. The molecule has 1 atom stereocenters. The number of ether oxygens (including phenoxy) is 1. The molecule has 0 rings (SSSR count). The molecule has 0 aromatic carbocycles. The maximum absolute atomic E-state index is 5.56. The van der Waals surface area contributed by atoms with Crippen LogP contribution in [0.5, 0.6) is 0 Å². The zero-order valence-corrected chi connectivity index (χ0v) is 8.09. The Labute approximate surface area is 75.8 Å². The van der Waals surface area contributed by atoms with Gasteiger partial charge in [0.05, 0.1) is 6.10 Å². The van der Waals surface area contributed by atoms with Crippen molar-refractivity contribution in [3.8, 4) is 0 Å². The van der Waals surface area contributed by atoms with Crippen molar-refractivity contribution in [1.82, 2.24) is 0 Å². The van der Waals surface area contributed by atoms with Gasteiger partial charge in [0.1, 0.15) is 0 Å². The van der Waals surface area contributed by atoms with Gasteiger partial charge < -0.3 is 10.5 Å². The number of rotatable bonds is 8. The second-order valence-corrected chi connectivity index (χ2v) is 2.95. The van der Waals surface area contributed by atoms with Crippen LogP contribution < -0.4 is 5.73 Å². The molecule has 0 fully saturated rings. The van der Waals surface area contributed by atoms with Crippen molar-refractivity contribution in [2.45, 2.75) is 38.7 Å². The first kappa shape index (κ1) is 11.7. The van der Waals surface area contributed by atoms with Crippen molar-refractivity contribution in [3.63, 3.8) is 0 Å². The third-order valence-corrected chi connectivity index (χ3v) is 1.78. The van der Waals surface area contributed by atoms with E-state index in [0.29, 0.717) is 6.54 Å². The molecule has 0 saturated carbocycles. The van der Waals surface area contributed by atoms with Crippen LogP contribution in [0.2, 0.25) is 0 Å². The monoisotopic (exact) mass is 171 g/mol. The molecule has 2 N–H and O–H groups in total. The summed E-state index contributed by atoms with van der Waals surface area (Å²) in [6.07, 6.45) is 6.49. The van der Waals surface area contributed by atoms with E-state index in [1.807, 2.05) is 6.08 Å². The van der Waals surface area contributed by atoms with Crippen LogP contribution in [0.25, 0.3) is 0 Å². The lowest BCUT2D eigenvalue weighted by Gasteiger charge is -2.14. The second-order valence-electron chi connectivity index (χ2n) is 2.95. The fourth-order valence-corrected chi connectivity index (χ4v) is 1.07. The number of allylic oxidation sites excluding steroid dienone is 1. The van der Waals surface area contributed by atoms with Gasteiger partial charge in [0.15, 0.2) is 0 Å². The zero-order valence-electron chi connectivity index (χ0n) is 8.09. The first-order valence-electron chi connectivity index (χ1n) is 4.77. The van der Waals surface area contributed by atoms with E-state index in [4.69, 9.17) is 10.5 Å². The molecule has 2 nitrogen and oxygen atoms in total. The van der Waals surface area contributed by atoms with E-state index >= 15 is 0 Å². The van der Waals surface area contributed by atoms with Crippen molar-refractivity contribution in [2.24, 2.45) is 5.73 Å². The van der Waals surface area contributed by atoms with Crippen LogP contribution in [0.15, 0.2) is 12.7 Å². The molecule has 0 aliphatic heterocycles. The smallest absolute Gasteiger partial charge is 0.0697 e. The van der Waals surface area contributed by atoms with E-state index in [1.165, 1.54) is 0 Å². The summed E-state index contributed by atoms with van der Waals surface area (Å²) in [5, 5.41) is 0. The summed E-state index contributed by atoms with van der Waals surface area (Å²) in [6, 6.07) is 0. The van der Waals surface area contributed by atoms with Crippen LogP contribution in [0, 0.1) is 0 Å². The molecule has 0 aromatic heterocycles. The van der Waals surface area contributed by atoms with Crippen LogP contribution in [0.1, 0.15) is 32.6 Å². The summed E-state index contributed by atoms with van der Waals surface area (Å²) >= 11 is 0. The Balaban J connectivity index is 3.24. The molecule has 1 unspecified atom stereocenters. The highest BCUT2D eigenvalue weighted by Crippen LogP contribution is 2.01. The normalized spacial score (nSPS) is 12.8. The first-order valence-corrected chi connectivity index (χ1v) is 4.77. The van der Waals surface area contributed by atoms with Gasteiger partial charge in [0.25, 0.3) is 0 Å². The summed E-state index contributed by atoms with van der Waals surface area (Å²) in [7, 11) is 0. The van der Waals surface area contributed by atoms with Gasteiger partial charge in [-0.3, -0.25) is 0 Å². The molecule has 0 spiro atoms. The van der Waals surface area contributed by atoms with Gasteiger partial charge in [-0.2, -0.15) is 0 Å². The lowest BCUT2D eigenvalue weighted by molar-refractivity contribution is 0.0518. The van der Waals surface area contributed by atoms with Gasteiger partial charge in [0.2, 0.25) is 0 Å². The standard InChI is InChI=1S/C10H21NO/c1-3-5-6-8-12-10(9-11)7-4-2/h3,10H,1,4-9,11H2,2H3. The Morgan fingerprint density at radius 2 is 2.33 bits per heavy atom. The van der Waals surface area contributed by atoms with Gasteiger partial charge >= 0.3 is 0 Å². The number of nitrogens with two attached hydrogens (primary N) is 1. The van der Waals surface area contributed by atoms with Crippen molar-refractivity contribution < 1.29 is 4.74 Å². The van der Waals surface area contributed by atoms with Crippen LogP contribution in [-0.4, -0.2) is 19.3 Å². The van der Waals surface area contributed by atoms with Crippen LogP contribution in [-0.2, 0) is 4.74 Å². The van der Waals surface area contributed by atoms with E-state index in [9.17, 15) is 0 Å². The molecule has 0 aliphatic rings. The minimum atomic E-state index is 0.264. The Hall–Kier alpha value is -0.340. The summed E-state index contributed by atoms with van der Waals surface area (Å²) in [5.74, 6) is 0. The molecular formula is C10H21NO. The molecule has 0 aromatic rings. The minimum Gasteiger partial charge on any atom is -0.377 e. The zero-order chi connectivity index (χ0) is 9.23. The fourth-order valence-electron chi connectivity index (χ4n) is 1.07. The van der Waals surface area contributed by atoms with Crippen LogP contribution in [0.4, 0.5) is 0 Å². The molecule has 0 heterocycles. The summed E-state index contributed by atoms with van der Waals surface area (Å²) < 4.78 is 5.56. The number of hydrogen-bond donors (Lipinski definition) is 1. The highest BCUT2D eigenvalue weighted by atomic mass is 16.5. The lowest BCUT2D eigenvalue weighted by atomic mass is 10.2. The molecular weight excluding hydrogens is 150 g/mol. The van der Waals surface area contributed by atoms with Gasteiger partial charge in [-0.15, -0.1) is 6.58 Å². The Morgan fingerprint density at radius 1 is 1.58 bits per heavy atom. The van der Waals surface area contributed by atoms with Gasteiger partial charge in [0, 0.05) is 13.2 Å². The number of unbranched alkanes of at least 4 members (excludes halogenated alkanes) is 1. The molecule has 12 heavy (non-hydrogen) atoms. The molecule has 0 aliphatic carbocycles. The Kier molecular flexibility index (Phi) is 8.51. The van der Waals surface area contributed by atoms with Crippen molar-refractivity contribution in [1.29, 1.82) is 0 Å². The molecule has 2 heteroatoms. The maximum atomic E-state index is 5.56. The highest BCUT2D eigenvalue weighted by molar-refractivity contribution is 4.65. The van der Waals surface area contributed by atoms with E-state index in [2.05, 4.69) is 13.5 Å². The molecule has 0 saturated heterocycles. The third-order valence-electron chi connectivity index (χ3n) is 1.78. The predicted molar refractivity (Wildman–Crippen MR) is 53.1 cm³/mol. The maximum Gasteiger partial charge on any atom is 0.0697 e. The van der Waals surface area contributed by atoms with Crippen LogP contribution >= 0.6 is 0 Å². The van der Waals surface area contributed by atoms with Crippen LogP contribution in [0.3, 0.4) is 0 Å². The molecule has 0 radical (unpaired) electrons. The summed E-state index contributed by atoms with van der Waals surface area (Å²) in [4.78, 5) is 0. The van der Waals surface area contributed by atoms with E-state index in [0.717, 1.165) is 32.3 Å². The van der Waals surface area contributed by atoms with Crippen molar-refractivity contribution in [3.05, 3.63) is 12.7 Å². The topological polar surface area (TPSA) is 35.2 Å². The largest absolute Gasteiger partial charge is 0.377 e. The molecule has 0 bridgehead atoms. The third kappa shape index (κ3) is 6.38. The number of hydrogen-bond acceptors (Lipinski definition) is 2. The van der Waals surface area contributed by atoms with Gasteiger partial charge in [-0.05, 0) is 19.3 Å². The predicted octanol–water partition coefficient (Wildman–Crippen LogP) is 2.10. The highest BCUT2D eigenvalue weighted by Gasteiger charge is 2.03. The van der Waals surface area contributed by atoms with E-state index < -0.39 is 0 Å². The quantitative estimate of drug-likeness (QED) is 0.448. The summed E-state index contributed by atoms with van der Waals surface area (Å²) in [6.45, 7) is 7.26. The van der Waals surface area contributed by atoms with Crippen molar-refractivity contribution in [2.75, 3.05) is 13.2 Å². The molecule has 72 valence electrons. The lowest BCUT2D eigenvalue weighted by Crippen LogP contribution is -2.23. The Bertz CT molecular complexity index is 104. The van der Waals surface area contributed by atoms with Gasteiger partial charge in [-0.1, -0.05) is 19.4 Å².